The molecule has 2 saturated carbocycles. The number of benzene rings is 1. The van der Waals surface area contributed by atoms with Gasteiger partial charge in [-0.3, -0.25) is 0 Å². The molecule has 0 bridgehead atoms. The van der Waals surface area contributed by atoms with Crippen LogP contribution < -0.4 is 4.74 Å². The zero-order chi connectivity index (χ0) is 20.7. The maximum atomic E-state index is 12.3. The van der Waals surface area contributed by atoms with Gasteiger partial charge in [0.05, 0.1) is 12.2 Å². The van der Waals surface area contributed by atoms with Crippen molar-refractivity contribution in [3.8, 4) is 11.8 Å². The number of alkyl halides is 3. The van der Waals surface area contributed by atoms with Crippen LogP contribution in [0.2, 0.25) is 0 Å². The smallest absolute Gasteiger partial charge is 0.406 e. The van der Waals surface area contributed by atoms with Gasteiger partial charge in [-0.25, -0.2) is 0 Å². The van der Waals surface area contributed by atoms with Crippen LogP contribution in [0.3, 0.4) is 0 Å². The molecule has 0 atom stereocenters. The average Bonchev–Trinajstić information content (AvgIpc) is 2.71. The third-order valence-electron chi connectivity index (χ3n) is 6.16. The number of rotatable bonds is 6. The van der Waals surface area contributed by atoms with Crippen LogP contribution in [0.25, 0.3) is 0 Å². The van der Waals surface area contributed by atoms with Gasteiger partial charge in [0.1, 0.15) is 5.75 Å². The first-order valence-corrected chi connectivity index (χ1v) is 10.5. The highest BCUT2D eigenvalue weighted by molar-refractivity contribution is 5.29. The molecule has 1 aromatic carbocycles. The molecule has 2 aliphatic rings. The number of nitriles is 1. The molecule has 3 rings (SSSR count). The first-order chi connectivity index (χ1) is 13.9. The van der Waals surface area contributed by atoms with E-state index >= 15 is 0 Å². The molecule has 3 nitrogen and oxygen atoms in total. The fourth-order valence-electron chi connectivity index (χ4n) is 4.50. The summed E-state index contributed by atoms with van der Waals surface area (Å²) in [6, 6.07) is 8.37. The number of ether oxygens (including phenoxy) is 2. The number of nitrogens with zero attached hydrogens (tertiary/aromatic N) is 1. The molecular weight excluding hydrogens is 379 g/mol. The summed E-state index contributed by atoms with van der Waals surface area (Å²) >= 11 is 0. The van der Waals surface area contributed by atoms with E-state index in [2.05, 4.69) is 10.8 Å². The molecule has 0 heterocycles. The van der Waals surface area contributed by atoms with Crippen molar-refractivity contribution in [1.29, 1.82) is 5.26 Å². The molecule has 0 aliphatic heterocycles. The van der Waals surface area contributed by atoms with Crippen LogP contribution in [-0.2, 0) is 4.74 Å². The summed E-state index contributed by atoms with van der Waals surface area (Å²) in [6.07, 6.45) is 7.83. The van der Waals surface area contributed by atoms with Crippen molar-refractivity contribution in [3.63, 3.8) is 0 Å². The predicted molar refractivity (Wildman–Crippen MR) is 104 cm³/mol. The van der Waals surface area contributed by atoms with Crippen molar-refractivity contribution in [1.82, 2.24) is 0 Å². The van der Waals surface area contributed by atoms with Gasteiger partial charge < -0.3 is 9.47 Å². The summed E-state index contributed by atoms with van der Waals surface area (Å²) in [5.74, 6) is 1.31. The first-order valence-electron chi connectivity index (χ1n) is 10.5. The summed E-state index contributed by atoms with van der Waals surface area (Å²) in [5.41, 5.74) is 1.09. The van der Waals surface area contributed by atoms with E-state index < -0.39 is 6.36 Å². The van der Waals surface area contributed by atoms with Gasteiger partial charge in [-0.05, 0) is 86.8 Å². The van der Waals surface area contributed by atoms with Gasteiger partial charge in [-0.1, -0.05) is 18.2 Å². The van der Waals surface area contributed by atoms with E-state index in [1.807, 2.05) is 6.08 Å². The maximum Gasteiger partial charge on any atom is 0.573 e. The Bertz CT molecular complexity index is 692. The van der Waals surface area contributed by atoms with E-state index in [1.54, 1.807) is 18.2 Å². The molecule has 0 amide bonds. The van der Waals surface area contributed by atoms with Gasteiger partial charge >= 0.3 is 6.36 Å². The van der Waals surface area contributed by atoms with Crippen molar-refractivity contribution in [2.45, 2.75) is 69.8 Å². The van der Waals surface area contributed by atoms with Crippen LogP contribution in [-0.4, -0.2) is 19.1 Å². The van der Waals surface area contributed by atoms with Gasteiger partial charge in [0.25, 0.3) is 0 Å². The van der Waals surface area contributed by atoms with Gasteiger partial charge in [0, 0.05) is 12.7 Å². The molecule has 0 aromatic heterocycles. The molecule has 6 heteroatoms. The minimum atomic E-state index is -4.65. The van der Waals surface area contributed by atoms with Crippen LogP contribution in [0.4, 0.5) is 13.2 Å². The van der Waals surface area contributed by atoms with Crippen LogP contribution >= 0.6 is 0 Å². The van der Waals surface area contributed by atoms with Crippen molar-refractivity contribution in [2.75, 3.05) is 6.61 Å². The maximum absolute atomic E-state index is 12.3. The Kier molecular flexibility index (Phi) is 7.60. The number of allylic oxidation sites excluding steroid dienone is 2. The highest BCUT2D eigenvalue weighted by atomic mass is 19.4. The molecule has 1 aromatic rings. The quantitative estimate of drug-likeness (QED) is 0.505. The Morgan fingerprint density at radius 3 is 2.21 bits per heavy atom. The Hall–Kier alpha value is -2.00. The standard InChI is InChI=1S/C23H28F3NO2/c24-23(25,26)29-22-13-9-20(10-14-22)19-7-3-18(4-8-19)16-28-21-11-5-17(6-12-21)2-1-15-27/h1-2,9-10,13-14,17-19,21H,3-8,11-12,16H2/b2-1+/t17-,18-,19-,21-. The zero-order valence-electron chi connectivity index (χ0n) is 16.5. The van der Waals surface area contributed by atoms with Crippen LogP contribution in [0.1, 0.15) is 62.8 Å². The average molecular weight is 407 g/mol. The normalized spacial score (nSPS) is 28.2. The second kappa shape index (κ2) is 10.2. The van der Waals surface area contributed by atoms with Crippen molar-refractivity contribution in [3.05, 3.63) is 42.0 Å². The van der Waals surface area contributed by atoms with Gasteiger partial charge in [0.15, 0.2) is 0 Å². The predicted octanol–water partition coefficient (Wildman–Crippen LogP) is 6.51. The Labute approximate surface area is 170 Å². The topological polar surface area (TPSA) is 42.2 Å². The third kappa shape index (κ3) is 7.08. The Balaban J connectivity index is 1.37. The van der Waals surface area contributed by atoms with Gasteiger partial charge in [-0.2, -0.15) is 5.26 Å². The number of hydrogen-bond acceptors (Lipinski definition) is 3. The lowest BCUT2D eigenvalue weighted by molar-refractivity contribution is -0.274. The van der Waals surface area contributed by atoms with Gasteiger partial charge in [-0.15, -0.1) is 13.2 Å². The monoisotopic (exact) mass is 407 g/mol. The SMILES string of the molecule is N#C/C=C/[C@H]1CC[C@H](OC[C@H]2CC[C@H](c3ccc(OC(F)(F)F)cc3)CC2)CC1. The second-order valence-electron chi connectivity index (χ2n) is 8.19. The summed E-state index contributed by atoms with van der Waals surface area (Å²) < 4.78 is 46.9. The fourth-order valence-corrected chi connectivity index (χ4v) is 4.50. The molecule has 29 heavy (non-hydrogen) atoms. The molecule has 0 unspecified atom stereocenters. The molecule has 0 N–H and O–H groups in total. The molecule has 2 aliphatic carbocycles. The van der Waals surface area contributed by atoms with Crippen molar-refractivity contribution >= 4 is 0 Å². The Morgan fingerprint density at radius 2 is 1.62 bits per heavy atom. The molecule has 0 spiro atoms. The van der Waals surface area contributed by atoms with Gasteiger partial charge in [0.2, 0.25) is 0 Å². The summed E-state index contributed by atoms with van der Waals surface area (Å²) in [4.78, 5) is 0. The molecule has 0 radical (unpaired) electrons. The van der Waals surface area contributed by atoms with Crippen molar-refractivity contribution < 1.29 is 22.6 Å². The van der Waals surface area contributed by atoms with E-state index in [1.165, 1.54) is 12.1 Å². The lowest BCUT2D eigenvalue weighted by Crippen LogP contribution is -2.25. The first kappa shape index (κ1) is 21.7. The molecule has 2 fully saturated rings. The summed E-state index contributed by atoms with van der Waals surface area (Å²) in [7, 11) is 0. The third-order valence-corrected chi connectivity index (χ3v) is 6.16. The second-order valence-corrected chi connectivity index (χ2v) is 8.19. The number of halogens is 3. The van der Waals surface area contributed by atoms with E-state index in [0.29, 0.717) is 23.9 Å². The fraction of sp³-hybridized carbons (Fsp3) is 0.609. The van der Waals surface area contributed by atoms with Crippen LogP contribution in [0.5, 0.6) is 5.75 Å². The zero-order valence-corrected chi connectivity index (χ0v) is 16.5. The van der Waals surface area contributed by atoms with E-state index in [9.17, 15) is 13.2 Å². The van der Waals surface area contributed by atoms with Crippen LogP contribution in [0.15, 0.2) is 36.4 Å². The Morgan fingerprint density at radius 1 is 0.966 bits per heavy atom. The lowest BCUT2D eigenvalue weighted by atomic mass is 9.79. The highest BCUT2D eigenvalue weighted by Gasteiger charge is 2.31. The minimum Gasteiger partial charge on any atom is -0.406 e. The number of hydrogen-bond donors (Lipinski definition) is 0. The van der Waals surface area contributed by atoms with E-state index in [0.717, 1.165) is 63.5 Å². The highest BCUT2D eigenvalue weighted by Crippen LogP contribution is 2.37. The molecule has 158 valence electrons. The lowest BCUT2D eigenvalue weighted by Gasteiger charge is -2.32. The van der Waals surface area contributed by atoms with Crippen molar-refractivity contribution in [2.24, 2.45) is 11.8 Å². The minimum absolute atomic E-state index is 0.166. The summed E-state index contributed by atoms with van der Waals surface area (Å²) in [5, 5.41) is 8.61. The van der Waals surface area contributed by atoms with E-state index in [-0.39, 0.29) is 5.75 Å². The van der Waals surface area contributed by atoms with Crippen LogP contribution in [0, 0.1) is 23.2 Å². The summed E-state index contributed by atoms with van der Waals surface area (Å²) in [6.45, 7) is 0.800. The van der Waals surface area contributed by atoms with E-state index in [4.69, 9.17) is 10.00 Å². The molecular formula is C23H28F3NO2. The molecule has 0 saturated heterocycles. The largest absolute Gasteiger partial charge is 0.573 e.